The van der Waals surface area contributed by atoms with Crippen LogP contribution in [0.5, 0.6) is 11.6 Å². The minimum Gasteiger partial charge on any atom is -0.438 e. The molecular weight excluding hydrogens is 368 g/mol. The van der Waals surface area contributed by atoms with Gasteiger partial charge in [0, 0.05) is 58.4 Å². The maximum Gasteiger partial charge on any atom is 0.237 e. The molecule has 1 N–H and O–H groups in total. The van der Waals surface area contributed by atoms with E-state index in [1.165, 1.54) is 5.56 Å². The average Bonchev–Trinajstić information content (AvgIpc) is 3.29. The molecular formula is C21H24N6O2. The minimum atomic E-state index is -0.0124. The van der Waals surface area contributed by atoms with Crippen molar-refractivity contribution in [1.82, 2.24) is 29.7 Å². The molecule has 8 nitrogen and oxygen atoms in total. The molecule has 1 saturated heterocycles. The lowest BCUT2D eigenvalue weighted by atomic mass is 10.0. The fourth-order valence-corrected chi connectivity index (χ4v) is 3.80. The highest BCUT2D eigenvalue weighted by molar-refractivity contribution is 5.73. The standard InChI is InChI=1S/C21H24N6O2/c1-15(28)25-19-14-27(13-18(19)21-24-9-10-26(21)2)12-16-3-5-17(6-4-16)29-20-11-22-7-8-23-20/h3-11,18-19H,12-14H2,1-2H3,(H,25,28)/t18-,19-/m1/s1. The Bertz CT molecular complexity index is 957. The zero-order valence-corrected chi connectivity index (χ0v) is 16.5. The fraction of sp³-hybridized carbons (Fsp3) is 0.333. The van der Waals surface area contributed by atoms with Gasteiger partial charge in [-0.2, -0.15) is 0 Å². The summed E-state index contributed by atoms with van der Waals surface area (Å²) in [4.78, 5) is 26.6. The molecule has 1 aliphatic rings. The van der Waals surface area contributed by atoms with Gasteiger partial charge in [-0.05, 0) is 17.7 Å². The molecule has 0 saturated carbocycles. The van der Waals surface area contributed by atoms with Crippen LogP contribution in [0.25, 0.3) is 0 Å². The molecule has 1 fully saturated rings. The molecule has 1 aromatic carbocycles. The maximum atomic E-state index is 11.7. The van der Waals surface area contributed by atoms with E-state index < -0.39 is 0 Å². The van der Waals surface area contributed by atoms with Crippen LogP contribution in [0.3, 0.4) is 0 Å². The van der Waals surface area contributed by atoms with E-state index in [4.69, 9.17) is 4.74 Å². The van der Waals surface area contributed by atoms with Gasteiger partial charge in [-0.1, -0.05) is 12.1 Å². The molecule has 3 heterocycles. The fourth-order valence-electron chi connectivity index (χ4n) is 3.80. The van der Waals surface area contributed by atoms with Crippen molar-refractivity contribution in [1.29, 1.82) is 0 Å². The van der Waals surface area contributed by atoms with Gasteiger partial charge in [-0.25, -0.2) is 9.97 Å². The highest BCUT2D eigenvalue weighted by atomic mass is 16.5. The Balaban J connectivity index is 1.42. The number of nitrogens with zero attached hydrogens (tertiary/aromatic N) is 5. The topological polar surface area (TPSA) is 85.2 Å². The van der Waals surface area contributed by atoms with E-state index in [0.29, 0.717) is 5.88 Å². The van der Waals surface area contributed by atoms with Crippen LogP contribution in [-0.2, 0) is 18.4 Å². The Morgan fingerprint density at radius 2 is 2.00 bits per heavy atom. The lowest BCUT2D eigenvalue weighted by molar-refractivity contribution is -0.119. The van der Waals surface area contributed by atoms with Crippen molar-refractivity contribution in [3.63, 3.8) is 0 Å². The first-order chi connectivity index (χ1) is 14.1. The Labute approximate surface area is 169 Å². The number of hydrogen-bond donors (Lipinski definition) is 1. The van der Waals surface area contributed by atoms with Crippen LogP contribution in [0.15, 0.2) is 55.2 Å². The van der Waals surface area contributed by atoms with Crippen molar-refractivity contribution in [3.05, 3.63) is 66.6 Å². The minimum absolute atomic E-state index is 0.0124. The number of rotatable bonds is 6. The van der Waals surface area contributed by atoms with Gasteiger partial charge in [0.25, 0.3) is 0 Å². The number of benzene rings is 1. The first-order valence-electron chi connectivity index (χ1n) is 9.58. The molecule has 2 atom stereocenters. The predicted octanol–water partition coefficient (Wildman–Crippen LogP) is 2.11. The Hall–Kier alpha value is -3.26. The number of carbonyl (C=O) groups excluding carboxylic acids is 1. The summed E-state index contributed by atoms with van der Waals surface area (Å²) >= 11 is 0. The number of amides is 1. The third-order valence-electron chi connectivity index (χ3n) is 5.07. The summed E-state index contributed by atoms with van der Waals surface area (Å²) in [5.41, 5.74) is 1.18. The summed E-state index contributed by atoms with van der Waals surface area (Å²) in [6, 6.07) is 8.01. The SMILES string of the molecule is CC(=O)N[C@@H]1CN(Cc2ccc(Oc3cnccn3)cc2)C[C@H]1c1nccn1C. The van der Waals surface area contributed by atoms with Crippen LogP contribution in [0.2, 0.25) is 0 Å². The highest BCUT2D eigenvalue weighted by Crippen LogP contribution is 2.28. The largest absolute Gasteiger partial charge is 0.438 e. The van der Waals surface area contributed by atoms with Crippen LogP contribution in [0, 0.1) is 0 Å². The second-order valence-electron chi connectivity index (χ2n) is 7.29. The van der Waals surface area contributed by atoms with Crippen molar-refractivity contribution in [2.75, 3.05) is 13.1 Å². The molecule has 8 heteroatoms. The summed E-state index contributed by atoms with van der Waals surface area (Å²) in [6.07, 6.45) is 8.54. The molecule has 2 aromatic heterocycles. The number of aromatic nitrogens is 4. The zero-order chi connectivity index (χ0) is 20.2. The normalized spacial score (nSPS) is 19.2. The Morgan fingerprint density at radius 1 is 1.17 bits per heavy atom. The van der Waals surface area contributed by atoms with Crippen molar-refractivity contribution in [2.24, 2.45) is 7.05 Å². The maximum absolute atomic E-state index is 11.7. The molecule has 3 aromatic rings. The number of nitrogens with one attached hydrogen (secondary N) is 1. The van der Waals surface area contributed by atoms with E-state index in [0.717, 1.165) is 31.2 Å². The predicted molar refractivity (Wildman–Crippen MR) is 107 cm³/mol. The van der Waals surface area contributed by atoms with E-state index in [-0.39, 0.29) is 17.9 Å². The number of hydrogen-bond acceptors (Lipinski definition) is 6. The summed E-state index contributed by atoms with van der Waals surface area (Å²) in [7, 11) is 1.99. The molecule has 0 aliphatic carbocycles. The molecule has 0 radical (unpaired) electrons. The van der Waals surface area contributed by atoms with E-state index in [1.807, 2.05) is 42.1 Å². The number of imidazole rings is 1. The van der Waals surface area contributed by atoms with Crippen LogP contribution in [0.1, 0.15) is 24.2 Å². The van der Waals surface area contributed by atoms with Crippen LogP contribution < -0.4 is 10.1 Å². The van der Waals surface area contributed by atoms with Gasteiger partial charge in [0.15, 0.2) is 0 Å². The highest BCUT2D eigenvalue weighted by Gasteiger charge is 2.36. The van der Waals surface area contributed by atoms with Crippen molar-refractivity contribution >= 4 is 5.91 Å². The van der Waals surface area contributed by atoms with E-state index >= 15 is 0 Å². The zero-order valence-electron chi connectivity index (χ0n) is 16.5. The molecule has 1 aliphatic heterocycles. The molecule has 29 heavy (non-hydrogen) atoms. The van der Waals surface area contributed by atoms with Gasteiger partial charge in [-0.3, -0.25) is 14.7 Å². The quantitative estimate of drug-likeness (QED) is 0.692. The van der Waals surface area contributed by atoms with Crippen molar-refractivity contribution < 1.29 is 9.53 Å². The molecule has 4 rings (SSSR count). The Kier molecular flexibility index (Phi) is 5.53. The summed E-state index contributed by atoms with van der Waals surface area (Å²) in [5.74, 6) is 2.34. The molecule has 1 amide bonds. The van der Waals surface area contributed by atoms with Crippen molar-refractivity contribution in [3.8, 4) is 11.6 Å². The monoisotopic (exact) mass is 392 g/mol. The second-order valence-corrected chi connectivity index (χ2v) is 7.29. The summed E-state index contributed by atoms with van der Waals surface area (Å²) < 4.78 is 7.73. The van der Waals surface area contributed by atoms with Gasteiger partial charge >= 0.3 is 0 Å². The van der Waals surface area contributed by atoms with Crippen molar-refractivity contribution in [2.45, 2.75) is 25.4 Å². The average molecular weight is 392 g/mol. The third-order valence-corrected chi connectivity index (χ3v) is 5.07. The number of carbonyl (C=O) groups is 1. The van der Waals surface area contributed by atoms with E-state index in [9.17, 15) is 4.79 Å². The lowest BCUT2D eigenvalue weighted by Crippen LogP contribution is -2.39. The number of ether oxygens (including phenoxy) is 1. The number of aryl methyl sites for hydroxylation is 1. The van der Waals surface area contributed by atoms with E-state index in [2.05, 4.69) is 25.2 Å². The lowest BCUT2D eigenvalue weighted by Gasteiger charge is -2.18. The van der Waals surface area contributed by atoms with Gasteiger partial charge < -0.3 is 14.6 Å². The van der Waals surface area contributed by atoms with Gasteiger partial charge in [0.1, 0.15) is 11.6 Å². The van der Waals surface area contributed by atoms with Crippen LogP contribution >= 0.6 is 0 Å². The van der Waals surface area contributed by atoms with Crippen LogP contribution in [-0.4, -0.2) is 49.5 Å². The third kappa shape index (κ3) is 4.60. The van der Waals surface area contributed by atoms with Gasteiger partial charge in [-0.15, -0.1) is 0 Å². The van der Waals surface area contributed by atoms with Gasteiger partial charge in [0.2, 0.25) is 11.8 Å². The molecule has 0 bridgehead atoms. The first kappa shape index (κ1) is 19.1. The van der Waals surface area contributed by atoms with E-state index in [1.54, 1.807) is 31.7 Å². The summed E-state index contributed by atoms with van der Waals surface area (Å²) in [5, 5.41) is 3.09. The number of likely N-dealkylation sites (tertiary alicyclic amines) is 1. The molecule has 0 unspecified atom stereocenters. The van der Waals surface area contributed by atoms with Gasteiger partial charge in [0.05, 0.1) is 18.2 Å². The molecule has 150 valence electrons. The van der Waals surface area contributed by atoms with Crippen LogP contribution in [0.4, 0.5) is 0 Å². The Morgan fingerprint density at radius 3 is 2.66 bits per heavy atom. The smallest absolute Gasteiger partial charge is 0.237 e. The summed E-state index contributed by atoms with van der Waals surface area (Å²) in [6.45, 7) is 3.99. The second kappa shape index (κ2) is 8.40. The first-order valence-corrected chi connectivity index (χ1v) is 9.58. The molecule has 0 spiro atoms.